The first-order valence-corrected chi connectivity index (χ1v) is 6.71. The molecule has 0 aromatic carbocycles. The van der Waals surface area contributed by atoms with Crippen LogP contribution in [0.3, 0.4) is 0 Å². The number of halogens is 1. The van der Waals surface area contributed by atoms with Crippen molar-refractivity contribution >= 4 is 15.9 Å². The quantitative estimate of drug-likeness (QED) is 0.751. The summed E-state index contributed by atoms with van der Waals surface area (Å²) < 4.78 is 2.61. The maximum absolute atomic E-state index is 11.7. The minimum Gasteiger partial charge on any atom is -0.266 e. The van der Waals surface area contributed by atoms with E-state index in [0.29, 0.717) is 6.54 Å². The Kier molecular flexibility index (Phi) is 5.61. The van der Waals surface area contributed by atoms with Gasteiger partial charge in [-0.3, -0.25) is 9.36 Å². The number of nitrogens with zero attached hydrogens (tertiary/aromatic N) is 3. The number of unbranched alkanes of at least 4 members (excludes halogenated alkanes) is 4. The van der Waals surface area contributed by atoms with Crippen LogP contribution in [0.5, 0.6) is 0 Å². The van der Waals surface area contributed by atoms with Gasteiger partial charge in [-0.2, -0.15) is 5.10 Å². The van der Waals surface area contributed by atoms with Crippen LogP contribution in [0.4, 0.5) is 0 Å². The Hall–Kier alpha value is -0.910. The van der Waals surface area contributed by atoms with Gasteiger partial charge in [-0.15, -0.1) is 0 Å². The lowest BCUT2D eigenvalue weighted by molar-refractivity contribution is 0.499. The van der Waals surface area contributed by atoms with E-state index in [4.69, 9.17) is 0 Å². The molecular formula is C11H18BrN3O2. The molecule has 1 aromatic rings. The Bertz CT molecular complexity index is 444. The van der Waals surface area contributed by atoms with Gasteiger partial charge in [0.15, 0.2) is 4.60 Å². The Labute approximate surface area is 109 Å². The van der Waals surface area contributed by atoms with Crippen LogP contribution < -0.4 is 11.2 Å². The normalized spacial score (nSPS) is 10.8. The van der Waals surface area contributed by atoms with Crippen molar-refractivity contribution in [2.24, 2.45) is 7.05 Å². The van der Waals surface area contributed by atoms with E-state index in [1.54, 1.807) is 7.05 Å². The standard InChI is InChI=1S/C11H18BrN3O2/c1-3-4-5-6-7-8-15-10(16)9(12)13-14(2)11(15)17/h3-8H2,1-2H3. The average Bonchev–Trinajstić information content (AvgIpc) is 2.30. The van der Waals surface area contributed by atoms with Crippen molar-refractivity contribution in [3.63, 3.8) is 0 Å². The fourth-order valence-corrected chi connectivity index (χ4v) is 2.11. The summed E-state index contributed by atoms with van der Waals surface area (Å²) >= 11 is 3.06. The van der Waals surface area contributed by atoms with Crippen LogP contribution in [-0.4, -0.2) is 14.3 Å². The monoisotopic (exact) mass is 303 g/mol. The molecule has 0 bridgehead atoms. The zero-order valence-corrected chi connectivity index (χ0v) is 11.9. The second-order valence-electron chi connectivity index (χ2n) is 4.07. The summed E-state index contributed by atoms with van der Waals surface area (Å²) in [6.45, 7) is 2.62. The first-order chi connectivity index (χ1) is 8.07. The molecule has 0 N–H and O–H groups in total. The second-order valence-corrected chi connectivity index (χ2v) is 4.82. The van der Waals surface area contributed by atoms with E-state index in [2.05, 4.69) is 28.0 Å². The fraction of sp³-hybridized carbons (Fsp3) is 0.727. The second kappa shape index (κ2) is 6.74. The van der Waals surface area contributed by atoms with Crippen LogP contribution >= 0.6 is 15.9 Å². The molecule has 5 nitrogen and oxygen atoms in total. The highest BCUT2D eigenvalue weighted by molar-refractivity contribution is 9.10. The van der Waals surface area contributed by atoms with Gasteiger partial charge >= 0.3 is 5.69 Å². The van der Waals surface area contributed by atoms with Gasteiger partial charge in [-0.25, -0.2) is 9.48 Å². The topological polar surface area (TPSA) is 56.9 Å². The van der Waals surface area contributed by atoms with E-state index in [1.165, 1.54) is 22.1 Å². The van der Waals surface area contributed by atoms with Gasteiger partial charge in [0.2, 0.25) is 0 Å². The largest absolute Gasteiger partial charge is 0.347 e. The molecule has 0 spiro atoms. The van der Waals surface area contributed by atoms with Gasteiger partial charge in [-0.1, -0.05) is 32.6 Å². The molecule has 0 fully saturated rings. The van der Waals surface area contributed by atoms with Crippen molar-refractivity contribution in [1.82, 2.24) is 14.3 Å². The van der Waals surface area contributed by atoms with E-state index in [-0.39, 0.29) is 15.9 Å². The van der Waals surface area contributed by atoms with Crippen molar-refractivity contribution in [3.05, 3.63) is 25.4 Å². The maximum Gasteiger partial charge on any atom is 0.347 e. The molecule has 0 aliphatic heterocycles. The molecule has 17 heavy (non-hydrogen) atoms. The van der Waals surface area contributed by atoms with Gasteiger partial charge in [0.25, 0.3) is 5.56 Å². The third kappa shape index (κ3) is 3.80. The van der Waals surface area contributed by atoms with E-state index in [9.17, 15) is 9.59 Å². The lowest BCUT2D eigenvalue weighted by Crippen LogP contribution is -2.40. The smallest absolute Gasteiger partial charge is 0.266 e. The molecule has 0 aliphatic carbocycles. The Morgan fingerprint density at radius 1 is 1.18 bits per heavy atom. The van der Waals surface area contributed by atoms with Gasteiger partial charge < -0.3 is 0 Å². The minimum atomic E-state index is -0.353. The number of hydrogen-bond donors (Lipinski definition) is 0. The van der Waals surface area contributed by atoms with Gasteiger partial charge in [-0.05, 0) is 22.4 Å². The third-order valence-electron chi connectivity index (χ3n) is 2.65. The van der Waals surface area contributed by atoms with Crippen molar-refractivity contribution in [3.8, 4) is 0 Å². The van der Waals surface area contributed by atoms with Crippen molar-refractivity contribution in [2.75, 3.05) is 0 Å². The average molecular weight is 304 g/mol. The van der Waals surface area contributed by atoms with Crippen molar-refractivity contribution in [1.29, 1.82) is 0 Å². The number of hydrogen-bond acceptors (Lipinski definition) is 3. The number of rotatable bonds is 6. The lowest BCUT2D eigenvalue weighted by Gasteiger charge is -2.06. The lowest BCUT2D eigenvalue weighted by atomic mass is 10.1. The van der Waals surface area contributed by atoms with Crippen LogP contribution in [0, 0.1) is 0 Å². The molecule has 0 saturated heterocycles. The summed E-state index contributed by atoms with van der Waals surface area (Å²) in [5, 5.41) is 3.78. The van der Waals surface area contributed by atoms with Crippen LogP contribution in [0.1, 0.15) is 39.0 Å². The number of aryl methyl sites for hydroxylation is 1. The number of aromatic nitrogens is 3. The predicted molar refractivity (Wildman–Crippen MR) is 70.2 cm³/mol. The predicted octanol–water partition coefficient (Wildman–Crippen LogP) is 1.67. The molecule has 0 atom stereocenters. The van der Waals surface area contributed by atoms with Crippen molar-refractivity contribution in [2.45, 2.75) is 45.6 Å². The molecule has 0 amide bonds. The minimum absolute atomic E-state index is 0.188. The van der Waals surface area contributed by atoms with Crippen LogP contribution in [0.2, 0.25) is 0 Å². The molecular weight excluding hydrogens is 286 g/mol. The molecule has 1 rings (SSSR count). The molecule has 96 valence electrons. The van der Waals surface area contributed by atoms with Crippen LogP contribution in [-0.2, 0) is 13.6 Å². The highest BCUT2D eigenvalue weighted by Crippen LogP contribution is 2.03. The van der Waals surface area contributed by atoms with E-state index in [0.717, 1.165) is 19.3 Å². The summed E-state index contributed by atoms with van der Waals surface area (Å²) in [6, 6.07) is 0. The summed E-state index contributed by atoms with van der Waals surface area (Å²) in [5.41, 5.74) is -0.697. The maximum atomic E-state index is 11.7. The molecule has 0 radical (unpaired) electrons. The summed E-state index contributed by atoms with van der Waals surface area (Å²) in [6.07, 6.45) is 5.43. The third-order valence-corrected chi connectivity index (χ3v) is 3.15. The van der Waals surface area contributed by atoms with Crippen molar-refractivity contribution < 1.29 is 0 Å². The summed E-state index contributed by atoms with van der Waals surface area (Å²) in [5.74, 6) is 0. The molecule has 1 heterocycles. The molecule has 0 aliphatic rings. The highest BCUT2D eigenvalue weighted by atomic mass is 79.9. The molecule has 0 saturated carbocycles. The fourth-order valence-electron chi connectivity index (χ4n) is 1.66. The van der Waals surface area contributed by atoms with Gasteiger partial charge in [0.05, 0.1) is 0 Å². The first kappa shape index (κ1) is 14.2. The molecule has 1 aromatic heterocycles. The Morgan fingerprint density at radius 3 is 2.47 bits per heavy atom. The van der Waals surface area contributed by atoms with Crippen LogP contribution in [0.25, 0.3) is 0 Å². The van der Waals surface area contributed by atoms with Crippen LogP contribution in [0.15, 0.2) is 14.2 Å². The summed E-state index contributed by atoms with van der Waals surface area (Å²) in [7, 11) is 1.54. The molecule has 6 heteroatoms. The van der Waals surface area contributed by atoms with Gasteiger partial charge in [0, 0.05) is 13.6 Å². The summed E-state index contributed by atoms with van der Waals surface area (Å²) in [4.78, 5) is 23.4. The Morgan fingerprint density at radius 2 is 1.82 bits per heavy atom. The zero-order valence-electron chi connectivity index (χ0n) is 10.3. The van der Waals surface area contributed by atoms with E-state index in [1.807, 2.05) is 0 Å². The Balaban J connectivity index is 2.71. The van der Waals surface area contributed by atoms with E-state index >= 15 is 0 Å². The zero-order chi connectivity index (χ0) is 12.8. The highest BCUT2D eigenvalue weighted by Gasteiger charge is 2.08. The van der Waals surface area contributed by atoms with E-state index < -0.39 is 0 Å². The van der Waals surface area contributed by atoms with Gasteiger partial charge in [0.1, 0.15) is 0 Å². The first-order valence-electron chi connectivity index (χ1n) is 5.91. The molecule has 0 unspecified atom stereocenters. The SMILES string of the molecule is CCCCCCCn1c(=O)c(Br)nn(C)c1=O.